The van der Waals surface area contributed by atoms with Crippen LogP contribution in [0.4, 0.5) is 0 Å². The molecular weight excluding hydrogens is 200 g/mol. The van der Waals surface area contributed by atoms with Crippen LogP contribution in [0.2, 0.25) is 0 Å². The molecule has 1 aliphatic heterocycles. The largest absolute Gasteiger partial charge is 0.465 e. The highest BCUT2D eigenvalue weighted by Gasteiger charge is 2.41. The Morgan fingerprint density at radius 1 is 1.50 bits per heavy atom. The van der Waals surface area contributed by atoms with Crippen LogP contribution in [0.5, 0.6) is 5.75 Å². The van der Waals surface area contributed by atoms with Gasteiger partial charge < -0.3 is 9.47 Å². The van der Waals surface area contributed by atoms with Crippen molar-refractivity contribution in [2.45, 2.75) is 31.8 Å². The molecule has 1 aromatic rings. The molecule has 86 valence electrons. The molecule has 1 fully saturated rings. The quantitative estimate of drug-likeness (QED) is 0.703. The molecule has 1 atom stereocenters. The molecule has 1 unspecified atom stereocenters. The summed E-state index contributed by atoms with van der Waals surface area (Å²) in [6.07, 6.45) is 4.71. The Kier molecular flexibility index (Phi) is 3.30. The summed E-state index contributed by atoms with van der Waals surface area (Å²) in [5.74, 6) is 0.866. The van der Waals surface area contributed by atoms with Crippen LogP contribution in [-0.4, -0.2) is 6.61 Å². The van der Waals surface area contributed by atoms with Gasteiger partial charge in [0.05, 0.1) is 18.5 Å². The fraction of sp³-hybridized carbons (Fsp3) is 0.429. The Morgan fingerprint density at radius 3 is 2.81 bits per heavy atom. The molecule has 16 heavy (non-hydrogen) atoms. The number of benzene rings is 1. The molecule has 0 radical (unpaired) electrons. The van der Waals surface area contributed by atoms with E-state index in [1.54, 1.807) is 0 Å². The standard InChI is InChI=1S/C14H18O2/c1-3-9-14(10-11-16-14)12-7-5-6-8-13(12)15-4-2/h4-8H,2-3,9-11H2,1H3. The second-order valence-corrected chi connectivity index (χ2v) is 4.12. The van der Waals surface area contributed by atoms with Gasteiger partial charge >= 0.3 is 0 Å². The molecule has 0 N–H and O–H groups in total. The summed E-state index contributed by atoms with van der Waals surface area (Å²) in [7, 11) is 0. The van der Waals surface area contributed by atoms with Crippen LogP contribution >= 0.6 is 0 Å². The van der Waals surface area contributed by atoms with Crippen molar-refractivity contribution in [3.05, 3.63) is 42.7 Å². The zero-order valence-electron chi connectivity index (χ0n) is 9.74. The predicted molar refractivity (Wildman–Crippen MR) is 64.4 cm³/mol. The Bertz CT molecular complexity index is 367. The Hall–Kier alpha value is -1.28. The summed E-state index contributed by atoms with van der Waals surface area (Å²) < 4.78 is 11.3. The lowest BCUT2D eigenvalue weighted by Crippen LogP contribution is -2.40. The average Bonchev–Trinajstić information content (AvgIpc) is 2.25. The molecule has 0 bridgehead atoms. The van der Waals surface area contributed by atoms with Crippen molar-refractivity contribution in [3.8, 4) is 5.75 Å². The van der Waals surface area contributed by atoms with E-state index in [2.05, 4.69) is 19.6 Å². The molecule has 1 aliphatic rings. The number of hydrogen-bond acceptors (Lipinski definition) is 2. The lowest BCUT2D eigenvalue weighted by Gasteiger charge is -2.43. The van der Waals surface area contributed by atoms with Crippen LogP contribution < -0.4 is 4.74 Å². The predicted octanol–water partition coefficient (Wildman–Crippen LogP) is 3.62. The van der Waals surface area contributed by atoms with Crippen molar-refractivity contribution >= 4 is 0 Å². The molecule has 0 spiro atoms. The van der Waals surface area contributed by atoms with E-state index in [9.17, 15) is 0 Å². The second kappa shape index (κ2) is 4.71. The highest BCUT2D eigenvalue weighted by atomic mass is 16.5. The van der Waals surface area contributed by atoms with Crippen molar-refractivity contribution in [1.82, 2.24) is 0 Å². The van der Waals surface area contributed by atoms with E-state index in [4.69, 9.17) is 9.47 Å². The summed E-state index contributed by atoms with van der Waals surface area (Å²) in [4.78, 5) is 0. The van der Waals surface area contributed by atoms with Crippen LogP contribution in [0, 0.1) is 0 Å². The fourth-order valence-electron chi connectivity index (χ4n) is 2.33. The molecule has 2 heteroatoms. The molecule has 0 aromatic heterocycles. The number of para-hydroxylation sites is 1. The first-order chi connectivity index (χ1) is 7.82. The van der Waals surface area contributed by atoms with Crippen molar-refractivity contribution in [2.75, 3.05) is 6.61 Å². The van der Waals surface area contributed by atoms with E-state index in [0.717, 1.165) is 37.2 Å². The second-order valence-electron chi connectivity index (χ2n) is 4.12. The van der Waals surface area contributed by atoms with Crippen LogP contribution in [-0.2, 0) is 10.3 Å². The van der Waals surface area contributed by atoms with Crippen LogP contribution in [0.15, 0.2) is 37.1 Å². The van der Waals surface area contributed by atoms with E-state index >= 15 is 0 Å². The van der Waals surface area contributed by atoms with Gasteiger partial charge in [0.2, 0.25) is 0 Å². The van der Waals surface area contributed by atoms with Gasteiger partial charge in [-0.25, -0.2) is 0 Å². The van der Waals surface area contributed by atoms with E-state index < -0.39 is 0 Å². The fourth-order valence-corrected chi connectivity index (χ4v) is 2.33. The highest BCUT2D eigenvalue weighted by molar-refractivity contribution is 5.39. The average molecular weight is 218 g/mol. The smallest absolute Gasteiger partial charge is 0.132 e. The first-order valence-corrected chi connectivity index (χ1v) is 5.83. The van der Waals surface area contributed by atoms with Crippen molar-refractivity contribution in [2.24, 2.45) is 0 Å². The summed E-state index contributed by atoms with van der Waals surface area (Å²) in [5, 5.41) is 0. The maximum atomic E-state index is 5.82. The number of hydrogen-bond donors (Lipinski definition) is 0. The van der Waals surface area contributed by atoms with Crippen molar-refractivity contribution in [1.29, 1.82) is 0 Å². The first-order valence-electron chi connectivity index (χ1n) is 5.83. The third kappa shape index (κ3) is 1.85. The third-order valence-electron chi connectivity index (χ3n) is 3.13. The van der Waals surface area contributed by atoms with Crippen molar-refractivity contribution < 1.29 is 9.47 Å². The number of rotatable bonds is 5. The summed E-state index contributed by atoms with van der Waals surface area (Å²) >= 11 is 0. The molecule has 1 saturated heterocycles. The zero-order valence-corrected chi connectivity index (χ0v) is 9.74. The minimum Gasteiger partial charge on any atom is -0.465 e. The van der Waals surface area contributed by atoms with E-state index in [-0.39, 0.29) is 5.60 Å². The van der Waals surface area contributed by atoms with Gasteiger partial charge in [0.25, 0.3) is 0 Å². The van der Waals surface area contributed by atoms with Crippen LogP contribution in [0.3, 0.4) is 0 Å². The first kappa shape index (κ1) is 11.2. The summed E-state index contributed by atoms with van der Waals surface area (Å²) in [6.45, 7) is 6.64. The van der Waals surface area contributed by atoms with Gasteiger partial charge in [-0.3, -0.25) is 0 Å². The minimum absolute atomic E-state index is 0.117. The van der Waals surface area contributed by atoms with E-state index in [1.165, 1.54) is 6.26 Å². The Morgan fingerprint density at radius 2 is 2.25 bits per heavy atom. The Balaban J connectivity index is 2.33. The van der Waals surface area contributed by atoms with E-state index in [1.807, 2.05) is 18.2 Å². The number of ether oxygens (including phenoxy) is 2. The summed E-state index contributed by atoms with van der Waals surface area (Å²) in [5.41, 5.74) is 1.04. The van der Waals surface area contributed by atoms with Gasteiger partial charge in [-0.05, 0) is 12.5 Å². The lowest BCUT2D eigenvalue weighted by atomic mass is 9.82. The monoisotopic (exact) mass is 218 g/mol. The molecule has 0 saturated carbocycles. The van der Waals surface area contributed by atoms with Gasteiger partial charge in [-0.1, -0.05) is 38.1 Å². The van der Waals surface area contributed by atoms with Crippen LogP contribution in [0.25, 0.3) is 0 Å². The van der Waals surface area contributed by atoms with E-state index in [0.29, 0.717) is 0 Å². The molecular formula is C14H18O2. The van der Waals surface area contributed by atoms with Gasteiger partial charge in [-0.2, -0.15) is 0 Å². The molecule has 1 heterocycles. The Labute approximate surface area is 96.9 Å². The highest BCUT2D eigenvalue weighted by Crippen LogP contribution is 2.45. The van der Waals surface area contributed by atoms with Gasteiger partial charge in [0.1, 0.15) is 5.75 Å². The summed E-state index contributed by atoms with van der Waals surface area (Å²) in [6, 6.07) is 8.06. The SMILES string of the molecule is C=COc1ccccc1C1(CCC)CCO1. The third-order valence-corrected chi connectivity index (χ3v) is 3.13. The molecule has 0 aliphatic carbocycles. The van der Waals surface area contributed by atoms with Gasteiger partial charge in [-0.15, -0.1) is 0 Å². The minimum atomic E-state index is -0.117. The van der Waals surface area contributed by atoms with Gasteiger partial charge in [0, 0.05) is 12.0 Å². The van der Waals surface area contributed by atoms with Crippen molar-refractivity contribution in [3.63, 3.8) is 0 Å². The maximum absolute atomic E-state index is 5.82. The maximum Gasteiger partial charge on any atom is 0.132 e. The molecule has 1 aromatic carbocycles. The van der Waals surface area contributed by atoms with Gasteiger partial charge in [0.15, 0.2) is 0 Å². The molecule has 2 nitrogen and oxygen atoms in total. The molecule has 2 rings (SSSR count). The molecule has 0 amide bonds. The lowest BCUT2D eigenvalue weighted by molar-refractivity contribution is -0.159. The van der Waals surface area contributed by atoms with Crippen LogP contribution in [0.1, 0.15) is 31.7 Å². The topological polar surface area (TPSA) is 18.5 Å². The normalized spacial score (nSPS) is 23.6. The zero-order chi connectivity index (χ0) is 11.4.